The van der Waals surface area contributed by atoms with Gasteiger partial charge in [-0.15, -0.1) is 0 Å². The summed E-state index contributed by atoms with van der Waals surface area (Å²) in [5, 5.41) is 5.69. The number of nitrogens with one attached hydrogen (secondary N) is 2. The van der Waals surface area contributed by atoms with Crippen molar-refractivity contribution in [2.45, 2.75) is 20.3 Å². The van der Waals surface area contributed by atoms with E-state index in [0.717, 1.165) is 23.4 Å². The molecule has 98 valence electrons. The third kappa shape index (κ3) is 3.58. The number of benzene rings is 2. The Morgan fingerprint density at radius 2 is 1.68 bits per heavy atom. The van der Waals surface area contributed by atoms with E-state index in [1.807, 2.05) is 55.5 Å². The molecule has 0 radical (unpaired) electrons. The smallest absolute Gasteiger partial charge is 0.308 e. The van der Waals surface area contributed by atoms with Crippen LogP contribution < -0.4 is 10.6 Å². The van der Waals surface area contributed by atoms with E-state index in [0.29, 0.717) is 0 Å². The number of urea groups is 1. The molecule has 3 heteroatoms. The highest BCUT2D eigenvalue weighted by molar-refractivity contribution is 6.00. The number of hydrogen-bond donors (Lipinski definition) is 2. The zero-order chi connectivity index (χ0) is 13.7. The molecule has 0 atom stereocenters. The number of anilines is 2. The highest BCUT2D eigenvalue weighted by Gasteiger charge is 2.05. The predicted octanol–water partition coefficient (Wildman–Crippen LogP) is 4.20. The van der Waals surface area contributed by atoms with E-state index in [1.54, 1.807) is 0 Å². The topological polar surface area (TPSA) is 41.1 Å². The van der Waals surface area contributed by atoms with Gasteiger partial charge < -0.3 is 10.6 Å². The summed E-state index contributed by atoms with van der Waals surface area (Å²) in [6.07, 6.45) is 0.890. The Morgan fingerprint density at radius 3 is 2.37 bits per heavy atom. The first-order valence-corrected chi connectivity index (χ1v) is 6.41. The molecule has 0 unspecified atom stereocenters. The number of rotatable bonds is 3. The maximum absolute atomic E-state index is 11.9. The van der Waals surface area contributed by atoms with Gasteiger partial charge >= 0.3 is 6.03 Å². The number of hydrogen-bond acceptors (Lipinski definition) is 1. The molecule has 2 N–H and O–H groups in total. The van der Waals surface area contributed by atoms with Crippen molar-refractivity contribution in [1.29, 1.82) is 0 Å². The molecule has 0 aromatic heterocycles. The molecule has 0 spiro atoms. The van der Waals surface area contributed by atoms with Crippen molar-refractivity contribution < 1.29 is 4.79 Å². The van der Waals surface area contributed by atoms with E-state index in [2.05, 4.69) is 17.6 Å². The molecule has 0 bridgehead atoms. The Labute approximate surface area is 113 Å². The SMILES string of the molecule is CCc1ccccc1NC(=O)Nc1ccc(C)cc1. The second kappa shape index (κ2) is 6.05. The van der Waals surface area contributed by atoms with Crippen LogP contribution in [-0.4, -0.2) is 6.03 Å². The standard InChI is InChI=1S/C16H18N2O/c1-3-13-6-4-5-7-15(13)18-16(19)17-14-10-8-12(2)9-11-14/h4-11H,3H2,1-2H3,(H2,17,18,19). The Morgan fingerprint density at radius 1 is 1.00 bits per heavy atom. The van der Waals surface area contributed by atoms with E-state index in [9.17, 15) is 4.79 Å². The Kier molecular flexibility index (Phi) is 4.18. The monoisotopic (exact) mass is 254 g/mol. The Balaban J connectivity index is 2.03. The van der Waals surface area contributed by atoms with Crippen molar-refractivity contribution in [3.05, 3.63) is 59.7 Å². The molecule has 0 aliphatic rings. The van der Waals surface area contributed by atoms with E-state index in [-0.39, 0.29) is 6.03 Å². The van der Waals surface area contributed by atoms with Crippen molar-refractivity contribution in [2.75, 3.05) is 10.6 Å². The number of carbonyl (C=O) groups excluding carboxylic acids is 1. The second-order valence-corrected chi connectivity index (χ2v) is 4.46. The lowest BCUT2D eigenvalue weighted by Gasteiger charge is -2.11. The van der Waals surface area contributed by atoms with Crippen molar-refractivity contribution in [2.24, 2.45) is 0 Å². The van der Waals surface area contributed by atoms with E-state index in [4.69, 9.17) is 0 Å². The molecule has 19 heavy (non-hydrogen) atoms. The van der Waals surface area contributed by atoms with Gasteiger partial charge in [0.2, 0.25) is 0 Å². The van der Waals surface area contributed by atoms with Crippen LogP contribution in [0.1, 0.15) is 18.1 Å². The first kappa shape index (κ1) is 13.1. The number of aryl methyl sites for hydroxylation is 2. The van der Waals surface area contributed by atoms with E-state index >= 15 is 0 Å². The van der Waals surface area contributed by atoms with Gasteiger partial charge in [0.1, 0.15) is 0 Å². The minimum absolute atomic E-state index is 0.218. The molecule has 0 fully saturated rings. The summed E-state index contributed by atoms with van der Waals surface area (Å²) in [5.41, 5.74) is 3.94. The lowest BCUT2D eigenvalue weighted by Crippen LogP contribution is -2.20. The zero-order valence-electron chi connectivity index (χ0n) is 11.2. The normalized spacial score (nSPS) is 10.0. The van der Waals surface area contributed by atoms with Crippen LogP contribution in [0.4, 0.5) is 16.2 Å². The summed E-state index contributed by atoms with van der Waals surface area (Å²) in [7, 11) is 0. The maximum Gasteiger partial charge on any atom is 0.323 e. The van der Waals surface area contributed by atoms with Gasteiger partial charge in [-0.05, 0) is 37.1 Å². The zero-order valence-corrected chi connectivity index (χ0v) is 11.2. The highest BCUT2D eigenvalue weighted by atomic mass is 16.2. The summed E-state index contributed by atoms with van der Waals surface area (Å²) in [4.78, 5) is 11.9. The van der Waals surface area contributed by atoms with Gasteiger partial charge in [-0.25, -0.2) is 4.79 Å². The lowest BCUT2D eigenvalue weighted by molar-refractivity contribution is 0.262. The molecule has 0 saturated heterocycles. The fraction of sp³-hybridized carbons (Fsp3) is 0.188. The van der Waals surface area contributed by atoms with Crippen LogP contribution in [0.25, 0.3) is 0 Å². The predicted molar refractivity (Wildman–Crippen MR) is 79.6 cm³/mol. The van der Waals surface area contributed by atoms with Gasteiger partial charge in [0.15, 0.2) is 0 Å². The molecule has 2 rings (SSSR count). The summed E-state index contributed by atoms with van der Waals surface area (Å²) >= 11 is 0. The fourth-order valence-corrected chi connectivity index (χ4v) is 1.87. The average Bonchev–Trinajstić information content (AvgIpc) is 2.42. The quantitative estimate of drug-likeness (QED) is 0.846. The minimum atomic E-state index is -0.218. The molecule has 3 nitrogen and oxygen atoms in total. The molecule has 0 heterocycles. The Hall–Kier alpha value is -2.29. The van der Waals surface area contributed by atoms with Crippen LogP contribution in [0, 0.1) is 6.92 Å². The number of para-hydroxylation sites is 1. The summed E-state index contributed by atoms with van der Waals surface area (Å²) in [6, 6.07) is 15.3. The summed E-state index contributed by atoms with van der Waals surface area (Å²) in [5.74, 6) is 0. The number of carbonyl (C=O) groups is 1. The maximum atomic E-state index is 11.9. The van der Waals surface area contributed by atoms with Crippen molar-refractivity contribution in [3.63, 3.8) is 0 Å². The molecular weight excluding hydrogens is 236 g/mol. The molecule has 2 aromatic carbocycles. The lowest BCUT2D eigenvalue weighted by atomic mass is 10.1. The van der Waals surface area contributed by atoms with E-state index < -0.39 is 0 Å². The first-order valence-electron chi connectivity index (χ1n) is 6.41. The number of amides is 2. The highest BCUT2D eigenvalue weighted by Crippen LogP contribution is 2.16. The van der Waals surface area contributed by atoms with Gasteiger partial charge in [0, 0.05) is 11.4 Å². The van der Waals surface area contributed by atoms with Crippen molar-refractivity contribution in [3.8, 4) is 0 Å². The van der Waals surface area contributed by atoms with E-state index in [1.165, 1.54) is 5.56 Å². The van der Waals surface area contributed by atoms with Crippen LogP contribution in [-0.2, 0) is 6.42 Å². The molecule has 2 amide bonds. The largest absolute Gasteiger partial charge is 0.323 e. The van der Waals surface area contributed by atoms with Crippen LogP contribution >= 0.6 is 0 Å². The van der Waals surface area contributed by atoms with Gasteiger partial charge in [-0.3, -0.25) is 0 Å². The molecule has 2 aromatic rings. The van der Waals surface area contributed by atoms with Gasteiger partial charge in [0.05, 0.1) is 0 Å². The minimum Gasteiger partial charge on any atom is -0.308 e. The fourth-order valence-electron chi connectivity index (χ4n) is 1.87. The average molecular weight is 254 g/mol. The van der Waals surface area contributed by atoms with Crippen LogP contribution in [0.2, 0.25) is 0 Å². The third-order valence-electron chi connectivity index (χ3n) is 2.96. The molecule has 0 aliphatic heterocycles. The van der Waals surface area contributed by atoms with Crippen LogP contribution in [0.5, 0.6) is 0 Å². The van der Waals surface area contributed by atoms with Crippen LogP contribution in [0.3, 0.4) is 0 Å². The first-order chi connectivity index (χ1) is 9.19. The van der Waals surface area contributed by atoms with Gasteiger partial charge in [-0.2, -0.15) is 0 Å². The van der Waals surface area contributed by atoms with Crippen molar-refractivity contribution >= 4 is 17.4 Å². The van der Waals surface area contributed by atoms with Crippen LogP contribution in [0.15, 0.2) is 48.5 Å². The molecule has 0 aliphatic carbocycles. The molecular formula is C16H18N2O. The van der Waals surface area contributed by atoms with Gasteiger partial charge in [-0.1, -0.05) is 42.8 Å². The summed E-state index contributed by atoms with van der Waals surface area (Å²) < 4.78 is 0. The third-order valence-corrected chi connectivity index (χ3v) is 2.96. The summed E-state index contributed by atoms with van der Waals surface area (Å²) in [6.45, 7) is 4.08. The van der Waals surface area contributed by atoms with Gasteiger partial charge in [0.25, 0.3) is 0 Å². The Bertz CT molecular complexity index is 561. The molecule has 0 saturated carbocycles. The van der Waals surface area contributed by atoms with Crippen molar-refractivity contribution in [1.82, 2.24) is 0 Å². The second-order valence-electron chi connectivity index (χ2n) is 4.46.